The number of phenolic OH excluding ortho intramolecular Hbond substituents is 1. The van der Waals surface area contributed by atoms with Gasteiger partial charge in [0.1, 0.15) is 6.04 Å². The lowest BCUT2D eigenvalue weighted by molar-refractivity contribution is -0.127. The Morgan fingerprint density at radius 3 is 2.50 bits per heavy atom. The highest BCUT2D eigenvalue weighted by atomic mass is 19.1. The highest BCUT2D eigenvalue weighted by molar-refractivity contribution is 5.83. The molecule has 2 aromatic rings. The Morgan fingerprint density at radius 1 is 1.15 bits per heavy atom. The SMILES string of the molecule is CN1CCN(C(C(=O)NCc2ccc(O)c(F)c2)c2ccccc2)CC1. The smallest absolute Gasteiger partial charge is 0.242 e. The first-order valence-electron chi connectivity index (χ1n) is 8.77. The Balaban J connectivity index is 1.73. The van der Waals surface area contributed by atoms with Crippen LogP contribution in [0.4, 0.5) is 4.39 Å². The molecule has 5 nitrogen and oxygen atoms in total. The number of piperazine rings is 1. The molecule has 1 aliphatic rings. The molecule has 1 saturated heterocycles. The average molecular weight is 357 g/mol. The molecule has 1 fully saturated rings. The lowest BCUT2D eigenvalue weighted by Gasteiger charge is -2.37. The molecule has 138 valence electrons. The molecule has 0 bridgehead atoms. The van der Waals surface area contributed by atoms with Crippen molar-refractivity contribution in [1.29, 1.82) is 0 Å². The third-order valence-electron chi connectivity index (χ3n) is 4.75. The molecule has 0 radical (unpaired) electrons. The number of hydrogen-bond acceptors (Lipinski definition) is 4. The second kappa shape index (κ2) is 8.29. The number of likely N-dealkylation sites (N-methyl/N-ethyl adjacent to an activating group) is 1. The van der Waals surface area contributed by atoms with Crippen LogP contribution in [-0.4, -0.2) is 54.0 Å². The number of benzene rings is 2. The lowest BCUT2D eigenvalue weighted by atomic mass is 10.0. The van der Waals surface area contributed by atoms with Gasteiger partial charge in [0, 0.05) is 32.7 Å². The fraction of sp³-hybridized carbons (Fsp3) is 0.350. The summed E-state index contributed by atoms with van der Waals surface area (Å²) in [4.78, 5) is 17.4. The predicted octanol–water partition coefficient (Wildman–Crippen LogP) is 2.14. The van der Waals surface area contributed by atoms with Crippen LogP contribution in [0.5, 0.6) is 5.75 Å². The monoisotopic (exact) mass is 357 g/mol. The van der Waals surface area contributed by atoms with Gasteiger partial charge >= 0.3 is 0 Å². The van der Waals surface area contributed by atoms with E-state index in [4.69, 9.17) is 0 Å². The van der Waals surface area contributed by atoms with Gasteiger partial charge in [-0.15, -0.1) is 0 Å². The molecule has 1 heterocycles. The van der Waals surface area contributed by atoms with E-state index in [1.807, 2.05) is 30.3 Å². The fourth-order valence-corrected chi connectivity index (χ4v) is 3.19. The van der Waals surface area contributed by atoms with Crippen molar-refractivity contribution in [2.45, 2.75) is 12.6 Å². The maximum atomic E-state index is 13.5. The van der Waals surface area contributed by atoms with Crippen LogP contribution in [0.15, 0.2) is 48.5 Å². The van der Waals surface area contributed by atoms with Crippen molar-refractivity contribution in [3.63, 3.8) is 0 Å². The zero-order chi connectivity index (χ0) is 18.5. The third-order valence-corrected chi connectivity index (χ3v) is 4.75. The van der Waals surface area contributed by atoms with Crippen LogP contribution >= 0.6 is 0 Å². The number of nitrogens with one attached hydrogen (secondary N) is 1. The summed E-state index contributed by atoms with van der Waals surface area (Å²) >= 11 is 0. The van der Waals surface area contributed by atoms with Gasteiger partial charge in [-0.2, -0.15) is 0 Å². The van der Waals surface area contributed by atoms with Gasteiger partial charge in [-0.05, 0) is 30.3 Å². The number of carbonyl (C=O) groups is 1. The Bertz CT molecular complexity index is 746. The zero-order valence-electron chi connectivity index (χ0n) is 14.9. The van der Waals surface area contributed by atoms with E-state index in [-0.39, 0.29) is 24.2 Å². The van der Waals surface area contributed by atoms with Gasteiger partial charge in [0.05, 0.1) is 0 Å². The summed E-state index contributed by atoms with van der Waals surface area (Å²) in [6.07, 6.45) is 0. The van der Waals surface area contributed by atoms with Gasteiger partial charge < -0.3 is 15.3 Å². The summed E-state index contributed by atoms with van der Waals surface area (Å²) in [6, 6.07) is 13.5. The minimum Gasteiger partial charge on any atom is -0.505 e. The van der Waals surface area contributed by atoms with Gasteiger partial charge in [-0.1, -0.05) is 36.4 Å². The molecule has 0 spiro atoms. The van der Waals surface area contributed by atoms with Gasteiger partial charge in [-0.25, -0.2) is 4.39 Å². The summed E-state index contributed by atoms with van der Waals surface area (Å²) in [5.41, 5.74) is 1.56. The molecule has 0 aliphatic carbocycles. The first-order valence-corrected chi connectivity index (χ1v) is 8.77. The number of rotatable bonds is 5. The Hall–Kier alpha value is -2.44. The quantitative estimate of drug-likeness (QED) is 0.861. The standard InChI is InChI=1S/C20H24FN3O2/c1-23-9-11-24(12-10-23)19(16-5-3-2-4-6-16)20(26)22-14-15-7-8-18(25)17(21)13-15/h2-8,13,19,25H,9-12,14H2,1H3,(H,22,26). The normalized spacial score (nSPS) is 17.0. The Labute approximate surface area is 153 Å². The van der Waals surface area contributed by atoms with E-state index in [2.05, 4.69) is 22.2 Å². The molecule has 2 aromatic carbocycles. The van der Waals surface area contributed by atoms with Crippen molar-refractivity contribution in [3.05, 3.63) is 65.5 Å². The average Bonchev–Trinajstić information content (AvgIpc) is 2.65. The summed E-state index contributed by atoms with van der Waals surface area (Å²) in [6.45, 7) is 3.68. The first kappa shape index (κ1) is 18.4. The van der Waals surface area contributed by atoms with Gasteiger partial charge in [0.25, 0.3) is 0 Å². The molecular weight excluding hydrogens is 333 g/mol. The van der Waals surface area contributed by atoms with E-state index in [1.165, 1.54) is 12.1 Å². The molecule has 1 aliphatic heterocycles. The van der Waals surface area contributed by atoms with Crippen LogP contribution in [0, 0.1) is 5.82 Å². The molecule has 1 amide bonds. The van der Waals surface area contributed by atoms with Crippen molar-refractivity contribution in [3.8, 4) is 5.75 Å². The number of amides is 1. The number of aromatic hydroxyl groups is 1. The van der Waals surface area contributed by atoms with Crippen LogP contribution in [0.3, 0.4) is 0 Å². The fourth-order valence-electron chi connectivity index (χ4n) is 3.19. The summed E-state index contributed by atoms with van der Waals surface area (Å²) in [7, 11) is 2.08. The molecule has 0 aromatic heterocycles. The maximum absolute atomic E-state index is 13.5. The second-order valence-electron chi connectivity index (χ2n) is 6.66. The molecule has 1 atom stereocenters. The summed E-state index contributed by atoms with van der Waals surface area (Å²) in [5.74, 6) is -1.18. The van der Waals surface area contributed by atoms with E-state index in [9.17, 15) is 14.3 Å². The number of hydrogen-bond donors (Lipinski definition) is 2. The molecule has 1 unspecified atom stereocenters. The van der Waals surface area contributed by atoms with E-state index in [1.54, 1.807) is 6.07 Å². The lowest BCUT2D eigenvalue weighted by Crippen LogP contribution is -2.49. The van der Waals surface area contributed by atoms with Crippen LogP contribution in [-0.2, 0) is 11.3 Å². The number of phenols is 1. The van der Waals surface area contributed by atoms with Crippen LogP contribution in [0.25, 0.3) is 0 Å². The number of halogens is 1. The zero-order valence-corrected chi connectivity index (χ0v) is 14.9. The molecular formula is C20H24FN3O2. The van der Waals surface area contributed by atoms with Crippen molar-refractivity contribution in [2.75, 3.05) is 33.2 Å². The number of nitrogens with zero attached hydrogens (tertiary/aromatic N) is 2. The maximum Gasteiger partial charge on any atom is 0.242 e. The number of carbonyl (C=O) groups excluding carboxylic acids is 1. The van der Waals surface area contributed by atoms with Gasteiger partial charge in [0.2, 0.25) is 5.91 Å². The highest BCUT2D eigenvalue weighted by Gasteiger charge is 2.29. The van der Waals surface area contributed by atoms with Crippen molar-refractivity contribution < 1.29 is 14.3 Å². The minimum atomic E-state index is -0.685. The van der Waals surface area contributed by atoms with Crippen LogP contribution in [0.2, 0.25) is 0 Å². The molecule has 6 heteroatoms. The Kier molecular flexibility index (Phi) is 5.85. The van der Waals surface area contributed by atoms with Crippen LogP contribution in [0.1, 0.15) is 17.2 Å². The van der Waals surface area contributed by atoms with E-state index in [0.717, 1.165) is 31.7 Å². The van der Waals surface area contributed by atoms with Gasteiger partial charge in [-0.3, -0.25) is 9.69 Å². The van der Waals surface area contributed by atoms with Crippen molar-refractivity contribution in [1.82, 2.24) is 15.1 Å². The van der Waals surface area contributed by atoms with Crippen molar-refractivity contribution in [2.24, 2.45) is 0 Å². The molecule has 26 heavy (non-hydrogen) atoms. The minimum absolute atomic E-state index is 0.103. The molecule has 3 rings (SSSR count). The molecule has 2 N–H and O–H groups in total. The highest BCUT2D eigenvalue weighted by Crippen LogP contribution is 2.23. The Morgan fingerprint density at radius 2 is 1.85 bits per heavy atom. The second-order valence-corrected chi connectivity index (χ2v) is 6.66. The summed E-state index contributed by atoms with van der Waals surface area (Å²) < 4.78 is 13.5. The van der Waals surface area contributed by atoms with Gasteiger partial charge in [0.15, 0.2) is 11.6 Å². The van der Waals surface area contributed by atoms with Crippen LogP contribution < -0.4 is 5.32 Å². The first-order chi connectivity index (χ1) is 12.5. The largest absolute Gasteiger partial charge is 0.505 e. The third kappa shape index (κ3) is 4.39. The molecule has 0 saturated carbocycles. The van der Waals surface area contributed by atoms with E-state index < -0.39 is 5.82 Å². The topological polar surface area (TPSA) is 55.8 Å². The van der Waals surface area contributed by atoms with E-state index >= 15 is 0 Å². The van der Waals surface area contributed by atoms with Crippen molar-refractivity contribution >= 4 is 5.91 Å². The predicted molar refractivity (Wildman–Crippen MR) is 98.2 cm³/mol. The summed E-state index contributed by atoms with van der Waals surface area (Å²) in [5, 5.41) is 12.2. The van der Waals surface area contributed by atoms with E-state index in [0.29, 0.717) is 5.56 Å².